The average molecular weight is 235 g/mol. The van der Waals surface area contributed by atoms with E-state index in [0.717, 1.165) is 12.0 Å². The van der Waals surface area contributed by atoms with Crippen LogP contribution in [0.3, 0.4) is 0 Å². The molecule has 2 heteroatoms. The van der Waals surface area contributed by atoms with E-state index in [1.165, 1.54) is 31.4 Å². The van der Waals surface area contributed by atoms with Gasteiger partial charge in [-0.05, 0) is 48.3 Å². The van der Waals surface area contributed by atoms with Gasteiger partial charge < -0.3 is 5.73 Å². The van der Waals surface area contributed by atoms with Crippen LogP contribution in [-0.2, 0) is 6.42 Å². The van der Waals surface area contributed by atoms with Gasteiger partial charge in [-0.3, -0.25) is 0 Å². The minimum absolute atomic E-state index is 0.177. The molecule has 2 rings (SSSR count). The Bertz CT molecular complexity index is 369. The zero-order chi connectivity index (χ0) is 12.5. The Morgan fingerprint density at radius 1 is 1.35 bits per heavy atom. The van der Waals surface area contributed by atoms with E-state index < -0.39 is 0 Å². The summed E-state index contributed by atoms with van der Waals surface area (Å²) >= 11 is 0. The molecule has 1 fully saturated rings. The Kier molecular flexibility index (Phi) is 3.53. The van der Waals surface area contributed by atoms with Crippen molar-refractivity contribution in [3.8, 4) is 0 Å². The first kappa shape index (κ1) is 12.6. The van der Waals surface area contributed by atoms with Crippen molar-refractivity contribution in [3.63, 3.8) is 0 Å². The van der Waals surface area contributed by atoms with Gasteiger partial charge in [0.25, 0.3) is 0 Å². The molecule has 0 heterocycles. The fourth-order valence-corrected chi connectivity index (χ4v) is 3.18. The SMILES string of the molecule is CC1(C)CCCC1C(N)Cc1ccc(F)cc1. The third-order valence-electron chi connectivity index (χ3n) is 4.24. The van der Waals surface area contributed by atoms with Crippen LogP contribution in [0.4, 0.5) is 4.39 Å². The molecule has 2 N–H and O–H groups in total. The predicted molar refractivity (Wildman–Crippen MR) is 69.2 cm³/mol. The van der Waals surface area contributed by atoms with Gasteiger partial charge in [0.1, 0.15) is 5.82 Å². The smallest absolute Gasteiger partial charge is 0.123 e. The Balaban J connectivity index is 2.01. The maximum atomic E-state index is 12.8. The summed E-state index contributed by atoms with van der Waals surface area (Å²) in [6.07, 6.45) is 4.65. The highest BCUT2D eigenvalue weighted by atomic mass is 19.1. The second kappa shape index (κ2) is 4.77. The lowest BCUT2D eigenvalue weighted by molar-refractivity contribution is 0.220. The minimum atomic E-state index is -0.177. The maximum absolute atomic E-state index is 12.8. The Hall–Kier alpha value is -0.890. The molecule has 0 aromatic heterocycles. The summed E-state index contributed by atoms with van der Waals surface area (Å²) in [6, 6.07) is 6.91. The van der Waals surface area contributed by atoms with Crippen LogP contribution in [0.15, 0.2) is 24.3 Å². The topological polar surface area (TPSA) is 26.0 Å². The molecule has 1 nitrogen and oxygen atoms in total. The molecule has 2 unspecified atom stereocenters. The van der Waals surface area contributed by atoms with Crippen molar-refractivity contribution in [2.24, 2.45) is 17.1 Å². The number of benzene rings is 1. The summed E-state index contributed by atoms with van der Waals surface area (Å²) < 4.78 is 12.8. The second-order valence-corrected chi connectivity index (χ2v) is 5.98. The number of nitrogens with two attached hydrogens (primary N) is 1. The molecule has 1 aromatic rings. The van der Waals surface area contributed by atoms with Crippen molar-refractivity contribution in [2.75, 3.05) is 0 Å². The molecule has 0 amide bonds. The summed E-state index contributed by atoms with van der Waals surface area (Å²) in [7, 11) is 0. The largest absolute Gasteiger partial charge is 0.327 e. The molecule has 1 aliphatic rings. The lowest BCUT2D eigenvalue weighted by Gasteiger charge is -2.32. The lowest BCUT2D eigenvalue weighted by atomic mass is 9.76. The molecule has 17 heavy (non-hydrogen) atoms. The molecular formula is C15H22FN. The van der Waals surface area contributed by atoms with Crippen LogP contribution in [0, 0.1) is 17.2 Å². The zero-order valence-electron chi connectivity index (χ0n) is 10.7. The van der Waals surface area contributed by atoms with E-state index in [2.05, 4.69) is 13.8 Å². The summed E-state index contributed by atoms with van der Waals surface area (Å²) in [4.78, 5) is 0. The van der Waals surface area contributed by atoms with Crippen molar-refractivity contribution >= 4 is 0 Å². The highest BCUT2D eigenvalue weighted by Crippen LogP contribution is 2.44. The zero-order valence-corrected chi connectivity index (χ0v) is 10.7. The molecule has 1 aromatic carbocycles. The van der Waals surface area contributed by atoms with Crippen molar-refractivity contribution in [1.29, 1.82) is 0 Å². The van der Waals surface area contributed by atoms with Crippen LogP contribution >= 0.6 is 0 Å². The van der Waals surface area contributed by atoms with Crippen LogP contribution in [0.5, 0.6) is 0 Å². The van der Waals surface area contributed by atoms with Crippen LogP contribution in [-0.4, -0.2) is 6.04 Å². The number of hydrogen-bond acceptors (Lipinski definition) is 1. The van der Waals surface area contributed by atoms with E-state index in [1.54, 1.807) is 0 Å². The highest BCUT2D eigenvalue weighted by molar-refractivity contribution is 5.17. The third kappa shape index (κ3) is 2.86. The van der Waals surface area contributed by atoms with Gasteiger partial charge in [-0.1, -0.05) is 32.4 Å². The van der Waals surface area contributed by atoms with Gasteiger partial charge in [-0.2, -0.15) is 0 Å². The van der Waals surface area contributed by atoms with Crippen molar-refractivity contribution in [2.45, 2.75) is 45.6 Å². The van der Waals surface area contributed by atoms with Crippen LogP contribution in [0.25, 0.3) is 0 Å². The van der Waals surface area contributed by atoms with Crippen LogP contribution < -0.4 is 5.73 Å². The number of hydrogen-bond donors (Lipinski definition) is 1. The van der Waals surface area contributed by atoms with E-state index in [0.29, 0.717) is 11.3 Å². The van der Waals surface area contributed by atoms with Crippen LogP contribution in [0.1, 0.15) is 38.7 Å². The summed E-state index contributed by atoms with van der Waals surface area (Å²) in [5, 5.41) is 0. The van der Waals surface area contributed by atoms with Gasteiger partial charge >= 0.3 is 0 Å². The summed E-state index contributed by atoms with van der Waals surface area (Å²) in [5.41, 5.74) is 7.83. The fraction of sp³-hybridized carbons (Fsp3) is 0.600. The van der Waals surface area contributed by atoms with Gasteiger partial charge in [-0.25, -0.2) is 4.39 Å². The normalized spacial score (nSPS) is 24.8. The minimum Gasteiger partial charge on any atom is -0.327 e. The monoisotopic (exact) mass is 235 g/mol. The van der Waals surface area contributed by atoms with Crippen molar-refractivity contribution in [1.82, 2.24) is 0 Å². The van der Waals surface area contributed by atoms with Gasteiger partial charge in [0.15, 0.2) is 0 Å². The van der Waals surface area contributed by atoms with E-state index in [-0.39, 0.29) is 11.9 Å². The highest BCUT2D eigenvalue weighted by Gasteiger charge is 2.37. The third-order valence-corrected chi connectivity index (χ3v) is 4.24. The first-order chi connectivity index (χ1) is 7.99. The van der Waals surface area contributed by atoms with E-state index in [4.69, 9.17) is 5.73 Å². The Morgan fingerprint density at radius 3 is 2.53 bits per heavy atom. The first-order valence-electron chi connectivity index (χ1n) is 6.49. The first-order valence-corrected chi connectivity index (χ1v) is 6.49. The van der Waals surface area contributed by atoms with Gasteiger partial charge in [0, 0.05) is 6.04 Å². The Morgan fingerprint density at radius 2 is 2.00 bits per heavy atom. The second-order valence-electron chi connectivity index (χ2n) is 5.98. The summed E-state index contributed by atoms with van der Waals surface area (Å²) in [6.45, 7) is 4.63. The molecule has 1 aliphatic carbocycles. The quantitative estimate of drug-likeness (QED) is 0.852. The summed E-state index contributed by atoms with van der Waals surface area (Å²) in [5.74, 6) is 0.413. The fourth-order valence-electron chi connectivity index (χ4n) is 3.18. The molecule has 0 radical (unpaired) electrons. The molecule has 0 spiro atoms. The van der Waals surface area contributed by atoms with Crippen LogP contribution in [0.2, 0.25) is 0 Å². The van der Waals surface area contributed by atoms with Crippen molar-refractivity contribution in [3.05, 3.63) is 35.6 Å². The van der Waals surface area contributed by atoms with E-state index in [1.807, 2.05) is 12.1 Å². The maximum Gasteiger partial charge on any atom is 0.123 e. The van der Waals surface area contributed by atoms with Gasteiger partial charge in [0.05, 0.1) is 0 Å². The van der Waals surface area contributed by atoms with E-state index in [9.17, 15) is 4.39 Å². The lowest BCUT2D eigenvalue weighted by Crippen LogP contribution is -2.38. The average Bonchev–Trinajstić information content (AvgIpc) is 2.61. The van der Waals surface area contributed by atoms with Crippen molar-refractivity contribution < 1.29 is 4.39 Å². The molecule has 0 bridgehead atoms. The standard InChI is InChI=1S/C15H22FN/c1-15(2)9-3-4-13(15)14(17)10-11-5-7-12(16)8-6-11/h5-8,13-14H,3-4,9-10,17H2,1-2H3. The molecule has 94 valence electrons. The van der Waals surface area contributed by atoms with Gasteiger partial charge in [0.2, 0.25) is 0 Å². The predicted octanol–water partition coefficient (Wildman–Crippen LogP) is 3.52. The van der Waals surface area contributed by atoms with E-state index >= 15 is 0 Å². The molecule has 0 saturated heterocycles. The number of halogens is 1. The number of rotatable bonds is 3. The van der Waals surface area contributed by atoms with Gasteiger partial charge in [-0.15, -0.1) is 0 Å². The Labute approximate surface area is 103 Å². The molecule has 1 saturated carbocycles. The molecule has 2 atom stereocenters. The molecular weight excluding hydrogens is 213 g/mol. The molecule has 0 aliphatic heterocycles.